The Morgan fingerprint density at radius 3 is 2.83 bits per heavy atom. The summed E-state index contributed by atoms with van der Waals surface area (Å²) in [7, 11) is 0. The summed E-state index contributed by atoms with van der Waals surface area (Å²) in [6, 6.07) is 0. The van der Waals surface area contributed by atoms with Gasteiger partial charge in [0.05, 0.1) is 0 Å². The third-order valence-electron chi connectivity index (χ3n) is 6.08. The van der Waals surface area contributed by atoms with Gasteiger partial charge in [0.25, 0.3) is 5.17 Å². The molecule has 3 heterocycles. The molecule has 5 nitrogen and oxygen atoms in total. The number of rotatable bonds is 1. The van der Waals surface area contributed by atoms with Crippen LogP contribution in [0.2, 0.25) is 0 Å². The van der Waals surface area contributed by atoms with E-state index in [1.807, 2.05) is 19.9 Å². The number of imidazole rings is 1. The number of hydrogen-bond donors (Lipinski definition) is 0. The van der Waals surface area contributed by atoms with Gasteiger partial charge in [0.15, 0.2) is 5.60 Å². The molecule has 1 aromatic rings. The predicted octanol–water partition coefficient (Wildman–Crippen LogP) is 4.91. The lowest BCUT2D eigenvalue weighted by Gasteiger charge is -2.28. The second kappa shape index (κ2) is 7.34. The van der Waals surface area contributed by atoms with Gasteiger partial charge in [-0.25, -0.2) is 4.98 Å². The predicted molar refractivity (Wildman–Crippen MR) is 120 cm³/mol. The van der Waals surface area contributed by atoms with Crippen molar-refractivity contribution in [1.29, 1.82) is 0 Å². The molecule has 0 fully saturated rings. The van der Waals surface area contributed by atoms with Crippen molar-refractivity contribution in [2.45, 2.75) is 59.2 Å². The summed E-state index contributed by atoms with van der Waals surface area (Å²) < 4.78 is 14.3. The number of carbonyl (C=O) groups excluding carboxylic acids is 1. The summed E-state index contributed by atoms with van der Waals surface area (Å²) in [5, 5.41) is 0.332. The van der Waals surface area contributed by atoms with E-state index < -0.39 is 5.60 Å². The summed E-state index contributed by atoms with van der Waals surface area (Å²) in [4.78, 5) is 17.4. The fourth-order valence-electron chi connectivity index (χ4n) is 4.46. The average molecular weight is 425 g/mol. The van der Waals surface area contributed by atoms with Crippen LogP contribution >= 0.6 is 12.2 Å². The minimum atomic E-state index is -0.907. The summed E-state index contributed by atoms with van der Waals surface area (Å²) in [6.07, 6.45) is 14.4. The van der Waals surface area contributed by atoms with E-state index in [1.165, 1.54) is 0 Å². The molecular weight excluding hydrogens is 396 g/mol. The quantitative estimate of drug-likeness (QED) is 0.473. The van der Waals surface area contributed by atoms with Crippen molar-refractivity contribution in [3.8, 4) is 0 Å². The molecule has 4 rings (SSSR count). The van der Waals surface area contributed by atoms with Gasteiger partial charge >= 0.3 is 0 Å². The number of ether oxygens (including phenoxy) is 2. The zero-order valence-electron chi connectivity index (χ0n) is 18.1. The van der Waals surface area contributed by atoms with E-state index in [0.717, 1.165) is 22.5 Å². The number of ketones is 1. The summed E-state index contributed by atoms with van der Waals surface area (Å²) in [6.45, 7) is 10.3. The normalized spacial score (nSPS) is 33.0. The Bertz CT molecular complexity index is 1010. The van der Waals surface area contributed by atoms with Crippen LogP contribution in [-0.2, 0) is 14.3 Å². The first kappa shape index (κ1) is 20.8. The molecule has 0 saturated carbocycles. The van der Waals surface area contributed by atoms with E-state index in [1.54, 1.807) is 23.3 Å². The molecule has 0 radical (unpaired) electrons. The fourth-order valence-corrected chi connectivity index (χ4v) is 4.67. The number of allylic oxidation sites excluding steroid dienone is 3. The molecule has 0 saturated heterocycles. The number of nitrogens with zero attached hydrogens (tertiary/aromatic N) is 2. The van der Waals surface area contributed by atoms with Crippen molar-refractivity contribution >= 4 is 23.2 Å². The smallest absolute Gasteiger partial charge is 0.269 e. The number of aromatic nitrogens is 2. The van der Waals surface area contributed by atoms with Gasteiger partial charge in [-0.3, -0.25) is 9.36 Å². The Balaban J connectivity index is 1.77. The number of Topliss-reactive ketones (excluding diaryl/α,β-unsaturated/α-hetero) is 1. The first-order chi connectivity index (χ1) is 14.1. The highest BCUT2D eigenvalue weighted by Crippen LogP contribution is 2.49. The highest BCUT2D eigenvalue weighted by Gasteiger charge is 2.53. The standard InChI is InChI=1S/C24H28N2O3S/c1-15-10-18-11-16(2)19(28-22(30)26-9-8-25-14-26)6-7-23(4,5)13-20-17(3)21(27)24(18,12-15)29-20/h6-11,14-15,19H,12-13H2,1-5H3/b7-6+,16-11-/t15-,19-,24+/m0/s1. The van der Waals surface area contributed by atoms with Crippen LogP contribution in [0.15, 0.2) is 65.5 Å². The molecule has 2 bridgehead atoms. The van der Waals surface area contributed by atoms with Crippen molar-refractivity contribution in [3.63, 3.8) is 0 Å². The average Bonchev–Trinajstić information content (AvgIpc) is 3.35. The van der Waals surface area contributed by atoms with E-state index >= 15 is 0 Å². The molecule has 0 unspecified atom stereocenters. The third-order valence-corrected chi connectivity index (χ3v) is 6.38. The largest absolute Gasteiger partial charge is 0.478 e. The fraction of sp³-hybridized carbons (Fsp3) is 0.458. The van der Waals surface area contributed by atoms with Crippen LogP contribution in [0.25, 0.3) is 0 Å². The lowest BCUT2D eigenvalue weighted by atomic mass is 9.84. The van der Waals surface area contributed by atoms with Crippen LogP contribution in [0.5, 0.6) is 0 Å². The lowest BCUT2D eigenvalue weighted by molar-refractivity contribution is -0.127. The Morgan fingerprint density at radius 1 is 1.37 bits per heavy atom. The summed E-state index contributed by atoms with van der Waals surface area (Å²) in [5.74, 6) is 1.15. The van der Waals surface area contributed by atoms with Crippen LogP contribution < -0.4 is 0 Å². The molecule has 30 heavy (non-hydrogen) atoms. The molecule has 3 atom stereocenters. The second-order valence-electron chi connectivity index (χ2n) is 9.30. The van der Waals surface area contributed by atoms with Gasteiger partial charge < -0.3 is 9.47 Å². The molecule has 1 spiro atoms. The van der Waals surface area contributed by atoms with Gasteiger partial charge in [-0.1, -0.05) is 39.0 Å². The van der Waals surface area contributed by atoms with Crippen molar-refractivity contribution in [3.05, 3.63) is 65.5 Å². The van der Waals surface area contributed by atoms with E-state index in [0.29, 0.717) is 18.0 Å². The molecule has 0 amide bonds. The molecule has 0 N–H and O–H groups in total. The highest BCUT2D eigenvalue weighted by molar-refractivity contribution is 7.80. The molecule has 6 heteroatoms. The van der Waals surface area contributed by atoms with Gasteiger partial charge in [0, 0.05) is 30.8 Å². The van der Waals surface area contributed by atoms with Crippen LogP contribution in [0.4, 0.5) is 0 Å². The molecule has 2 aliphatic heterocycles. The highest BCUT2D eigenvalue weighted by atomic mass is 32.1. The van der Waals surface area contributed by atoms with E-state index in [-0.39, 0.29) is 23.2 Å². The Labute approximate surface area is 183 Å². The Kier molecular flexibility index (Phi) is 5.09. The first-order valence-corrected chi connectivity index (χ1v) is 10.7. The minimum absolute atomic E-state index is 0.0870. The molecular formula is C24H28N2O3S. The van der Waals surface area contributed by atoms with Crippen molar-refractivity contribution < 1.29 is 14.3 Å². The van der Waals surface area contributed by atoms with Gasteiger partial charge in [-0.2, -0.15) is 0 Å². The van der Waals surface area contributed by atoms with Crippen LogP contribution in [0, 0.1) is 11.3 Å². The topological polar surface area (TPSA) is 53.4 Å². The molecule has 0 aromatic carbocycles. The van der Waals surface area contributed by atoms with Gasteiger partial charge in [0.2, 0.25) is 5.78 Å². The number of carbonyl (C=O) groups is 1. The number of fused-ring (bicyclic) bond motifs is 1. The number of hydrogen-bond acceptors (Lipinski definition) is 5. The van der Waals surface area contributed by atoms with Crippen LogP contribution in [-0.4, -0.2) is 32.2 Å². The van der Waals surface area contributed by atoms with Crippen molar-refractivity contribution in [1.82, 2.24) is 9.55 Å². The molecule has 158 valence electrons. The van der Waals surface area contributed by atoms with Gasteiger partial charge in [0.1, 0.15) is 18.2 Å². The maximum atomic E-state index is 13.4. The second-order valence-corrected chi connectivity index (χ2v) is 9.65. The zero-order valence-corrected chi connectivity index (χ0v) is 19.0. The van der Waals surface area contributed by atoms with Crippen LogP contribution in [0.1, 0.15) is 47.5 Å². The van der Waals surface area contributed by atoms with E-state index in [4.69, 9.17) is 21.7 Å². The maximum absolute atomic E-state index is 13.4. The van der Waals surface area contributed by atoms with E-state index in [2.05, 4.69) is 44.0 Å². The van der Waals surface area contributed by atoms with E-state index in [9.17, 15) is 4.79 Å². The number of thiocarbonyl (C=S) groups is 1. The molecule has 1 aliphatic carbocycles. The third kappa shape index (κ3) is 3.58. The minimum Gasteiger partial charge on any atom is -0.478 e. The zero-order chi connectivity index (χ0) is 21.7. The monoisotopic (exact) mass is 424 g/mol. The first-order valence-electron chi connectivity index (χ1n) is 10.3. The van der Waals surface area contributed by atoms with Gasteiger partial charge in [-0.15, -0.1) is 0 Å². The Morgan fingerprint density at radius 2 is 2.13 bits per heavy atom. The Hall–Kier alpha value is -2.47. The van der Waals surface area contributed by atoms with Crippen molar-refractivity contribution in [2.24, 2.45) is 11.3 Å². The maximum Gasteiger partial charge on any atom is 0.269 e. The van der Waals surface area contributed by atoms with Gasteiger partial charge in [-0.05, 0) is 54.6 Å². The lowest BCUT2D eigenvalue weighted by Crippen LogP contribution is -2.37. The van der Waals surface area contributed by atoms with Crippen molar-refractivity contribution in [2.75, 3.05) is 0 Å². The SMILES string of the molecule is CC1=C2CC(C)(C)/C=C/[C@H](OC(=S)n3ccnc3)/C(C)=C\C3=C[C@H](C)C[C@]3(O2)C1=O. The summed E-state index contributed by atoms with van der Waals surface area (Å²) >= 11 is 5.47. The summed E-state index contributed by atoms with van der Waals surface area (Å²) in [5.41, 5.74) is 1.52. The molecule has 1 aromatic heterocycles. The molecule has 3 aliphatic rings. The van der Waals surface area contributed by atoms with Crippen LogP contribution in [0.3, 0.4) is 0 Å².